The molecule has 0 spiro atoms. The van der Waals surface area contributed by atoms with Crippen LogP contribution in [0.5, 0.6) is 6.01 Å². The maximum absolute atomic E-state index is 13.2. The number of aromatic amines is 1. The van der Waals surface area contributed by atoms with Gasteiger partial charge in [-0.2, -0.15) is 9.37 Å². The minimum absolute atomic E-state index is 0.00966. The fourth-order valence-corrected chi connectivity index (χ4v) is 1.47. The number of rotatable bonds is 5. The average molecular weight is 295 g/mol. The summed E-state index contributed by atoms with van der Waals surface area (Å²) in [6.07, 6.45) is 0. The van der Waals surface area contributed by atoms with E-state index in [1.54, 1.807) is 6.92 Å². The first-order chi connectivity index (χ1) is 10.0. The van der Waals surface area contributed by atoms with Crippen molar-refractivity contribution in [2.45, 2.75) is 6.92 Å². The Balaban J connectivity index is 2.16. The van der Waals surface area contributed by atoms with E-state index >= 15 is 0 Å². The quantitative estimate of drug-likeness (QED) is 0.636. The molecule has 0 fully saturated rings. The van der Waals surface area contributed by atoms with Gasteiger partial charge >= 0.3 is 11.7 Å². The molecule has 0 saturated carbocycles. The monoisotopic (exact) mass is 295 g/mol. The molecule has 2 aromatic rings. The smallest absolute Gasteiger partial charge is 0.337 e. The molecular weight excluding hydrogens is 285 g/mol. The number of nitro groups is 1. The lowest BCUT2D eigenvalue weighted by molar-refractivity contribution is -0.387. The summed E-state index contributed by atoms with van der Waals surface area (Å²) >= 11 is 0. The van der Waals surface area contributed by atoms with Crippen LogP contribution in [0.3, 0.4) is 0 Å². The van der Waals surface area contributed by atoms with Crippen molar-refractivity contribution in [3.8, 4) is 6.01 Å². The van der Waals surface area contributed by atoms with Crippen molar-refractivity contribution in [1.82, 2.24) is 15.2 Å². The number of amides is 1. The van der Waals surface area contributed by atoms with E-state index in [9.17, 15) is 19.3 Å². The molecule has 0 atom stereocenters. The molecule has 110 valence electrons. The van der Waals surface area contributed by atoms with E-state index in [1.807, 2.05) is 0 Å². The number of carbonyl (C=O) groups excluding carboxylic acids is 1. The highest BCUT2D eigenvalue weighted by Crippen LogP contribution is 2.19. The second-order valence-electron chi connectivity index (χ2n) is 3.78. The molecule has 0 aliphatic rings. The Kier molecular flexibility index (Phi) is 4.07. The number of anilines is 1. The second kappa shape index (κ2) is 5.94. The SMILES string of the molecule is CCOc1n[nH]c(NC(=O)c2ccc(F)c([N+](=O)[O-])c2)n1. The predicted molar refractivity (Wildman–Crippen MR) is 68.6 cm³/mol. The maximum Gasteiger partial charge on any atom is 0.337 e. The molecule has 10 heteroatoms. The van der Waals surface area contributed by atoms with Crippen molar-refractivity contribution in [2.24, 2.45) is 0 Å². The first-order valence-corrected chi connectivity index (χ1v) is 5.81. The van der Waals surface area contributed by atoms with Gasteiger partial charge in [0, 0.05) is 11.6 Å². The lowest BCUT2D eigenvalue weighted by atomic mass is 10.2. The molecule has 2 N–H and O–H groups in total. The minimum Gasteiger partial charge on any atom is -0.463 e. The molecule has 0 radical (unpaired) electrons. The van der Waals surface area contributed by atoms with Gasteiger partial charge in [0.2, 0.25) is 11.8 Å². The summed E-state index contributed by atoms with van der Waals surface area (Å²) in [5, 5.41) is 19.0. The Morgan fingerprint density at radius 3 is 3.00 bits per heavy atom. The molecule has 0 unspecified atom stereocenters. The van der Waals surface area contributed by atoms with Crippen LogP contribution in [0.2, 0.25) is 0 Å². The van der Waals surface area contributed by atoms with Crippen LogP contribution in [-0.2, 0) is 0 Å². The van der Waals surface area contributed by atoms with Gasteiger partial charge in [0.15, 0.2) is 0 Å². The van der Waals surface area contributed by atoms with E-state index in [4.69, 9.17) is 4.74 Å². The zero-order valence-electron chi connectivity index (χ0n) is 10.8. The normalized spacial score (nSPS) is 10.2. The molecule has 1 heterocycles. The highest BCUT2D eigenvalue weighted by Gasteiger charge is 2.18. The third kappa shape index (κ3) is 3.29. The zero-order chi connectivity index (χ0) is 15.4. The molecule has 0 aliphatic carbocycles. The molecule has 2 rings (SSSR count). The Bertz CT molecular complexity index is 687. The van der Waals surface area contributed by atoms with Crippen molar-refractivity contribution in [3.05, 3.63) is 39.7 Å². The first-order valence-electron chi connectivity index (χ1n) is 5.81. The maximum atomic E-state index is 13.2. The zero-order valence-corrected chi connectivity index (χ0v) is 10.8. The van der Waals surface area contributed by atoms with E-state index in [0.717, 1.165) is 18.2 Å². The van der Waals surface area contributed by atoms with Gasteiger partial charge in [0.25, 0.3) is 5.91 Å². The number of H-pyrrole nitrogens is 1. The molecule has 1 amide bonds. The Morgan fingerprint density at radius 1 is 1.57 bits per heavy atom. The van der Waals surface area contributed by atoms with Crippen molar-refractivity contribution < 1.29 is 18.8 Å². The predicted octanol–water partition coefficient (Wildman–Crippen LogP) is 1.50. The Morgan fingerprint density at radius 2 is 2.33 bits per heavy atom. The van der Waals surface area contributed by atoms with Gasteiger partial charge in [-0.25, -0.2) is 5.10 Å². The number of aromatic nitrogens is 3. The van der Waals surface area contributed by atoms with Crippen molar-refractivity contribution in [2.75, 3.05) is 11.9 Å². The van der Waals surface area contributed by atoms with Crippen LogP contribution in [0, 0.1) is 15.9 Å². The third-order valence-corrected chi connectivity index (χ3v) is 2.38. The van der Waals surface area contributed by atoms with Crippen LogP contribution < -0.4 is 10.1 Å². The fraction of sp³-hybridized carbons (Fsp3) is 0.182. The summed E-state index contributed by atoms with van der Waals surface area (Å²) < 4.78 is 18.2. The summed E-state index contributed by atoms with van der Waals surface area (Å²) in [7, 11) is 0. The first kappa shape index (κ1) is 14.4. The minimum atomic E-state index is -1.02. The largest absolute Gasteiger partial charge is 0.463 e. The van der Waals surface area contributed by atoms with Crippen molar-refractivity contribution >= 4 is 17.5 Å². The number of hydrogen-bond acceptors (Lipinski definition) is 6. The summed E-state index contributed by atoms with van der Waals surface area (Å²) in [6.45, 7) is 2.10. The topological polar surface area (TPSA) is 123 Å². The Labute approximate surface area is 117 Å². The number of benzene rings is 1. The van der Waals surface area contributed by atoms with Crippen molar-refractivity contribution in [3.63, 3.8) is 0 Å². The highest BCUT2D eigenvalue weighted by molar-refractivity contribution is 6.03. The standard InChI is InChI=1S/C11H10FN5O4/c1-2-21-11-14-10(15-16-11)13-9(18)6-3-4-7(12)8(5-6)17(19)20/h3-5H,2H2,1H3,(H2,13,14,15,16,18). The molecule has 21 heavy (non-hydrogen) atoms. The van der Waals surface area contributed by atoms with Crippen molar-refractivity contribution in [1.29, 1.82) is 0 Å². The molecule has 9 nitrogen and oxygen atoms in total. The number of nitrogens with one attached hydrogen (secondary N) is 2. The van der Waals surface area contributed by atoms with Crippen LogP contribution in [0.25, 0.3) is 0 Å². The molecule has 1 aromatic carbocycles. The molecule has 0 saturated heterocycles. The van der Waals surface area contributed by atoms with Crippen LogP contribution in [-0.4, -0.2) is 32.6 Å². The lowest BCUT2D eigenvalue weighted by Crippen LogP contribution is -2.13. The van der Waals surface area contributed by atoms with E-state index < -0.39 is 22.3 Å². The van der Waals surface area contributed by atoms with Gasteiger partial charge in [0.05, 0.1) is 11.5 Å². The number of nitrogens with zero attached hydrogens (tertiary/aromatic N) is 3. The summed E-state index contributed by atoms with van der Waals surface area (Å²) in [4.78, 5) is 25.4. The van der Waals surface area contributed by atoms with Gasteiger partial charge in [0.1, 0.15) is 0 Å². The fourth-order valence-electron chi connectivity index (χ4n) is 1.47. The number of carbonyl (C=O) groups is 1. The van der Waals surface area contributed by atoms with E-state index in [2.05, 4.69) is 20.5 Å². The number of nitro benzene ring substituents is 1. The summed E-state index contributed by atoms with van der Waals surface area (Å²) in [5.74, 6) is -1.71. The number of hydrogen-bond donors (Lipinski definition) is 2. The van der Waals surface area contributed by atoms with Gasteiger partial charge in [-0.3, -0.25) is 20.2 Å². The van der Waals surface area contributed by atoms with Crippen LogP contribution in [0.4, 0.5) is 16.0 Å². The summed E-state index contributed by atoms with van der Waals surface area (Å²) in [6, 6.07) is 2.86. The van der Waals surface area contributed by atoms with E-state index in [0.29, 0.717) is 6.61 Å². The van der Waals surface area contributed by atoms with Crippen LogP contribution in [0.1, 0.15) is 17.3 Å². The van der Waals surface area contributed by atoms with E-state index in [-0.39, 0.29) is 17.5 Å². The van der Waals surface area contributed by atoms with Gasteiger partial charge in [-0.15, -0.1) is 5.10 Å². The van der Waals surface area contributed by atoms with Crippen LogP contribution >= 0.6 is 0 Å². The van der Waals surface area contributed by atoms with Gasteiger partial charge in [-0.1, -0.05) is 0 Å². The highest BCUT2D eigenvalue weighted by atomic mass is 19.1. The average Bonchev–Trinajstić information content (AvgIpc) is 2.86. The number of ether oxygens (including phenoxy) is 1. The summed E-state index contributed by atoms with van der Waals surface area (Å²) in [5.41, 5.74) is -0.868. The molecule has 0 aliphatic heterocycles. The third-order valence-electron chi connectivity index (χ3n) is 2.38. The van der Waals surface area contributed by atoms with Gasteiger partial charge in [-0.05, 0) is 19.1 Å². The van der Waals surface area contributed by atoms with E-state index in [1.165, 1.54) is 0 Å². The molecular formula is C11H10FN5O4. The van der Waals surface area contributed by atoms with Gasteiger partial charge < -0.3 is 4.74 Å². The lowest BCUT2D eigenvalue weighted by Gasteiger charge is -2.01. The Hall–Kier alpha value is -3.04. The molecule has 0 bridgehead atoms. The number of halogens is 1. The molecule has 1 aromatic heterocycles. The second-order valence-corrected chi connectivity index (χ2v) is 3.78. The van der Waals surface area contributed by atoms with Crippen LogP contribution in [0.15, 0.2) is 18.2 Å².